The quantitative estimate of drug-likeness (QED) is 0.212. The van der Waals surface area contributed by atoms with Gasteiger partial charge in [-0.05, 0) is 0 Å². The Morgan fingerprint density at radius 1 is 0.516 bits per heavy atom. The topological polar surface area (TPSA) is 322 Å². The van der Waals surface area contributed by atoms with E-state index in [0.717, 1.165) is 0 Å². The largest absolute Gasteiger partial charge is 3.00 e. The number of aliphatic carboxylic acids is 6. The van der Waals surface area contributed by atoms with Gasteiger partial charge in [-0.25, -0.2) is 0 Å². The fraction of sp³-hybridized carbons (Fsp3) is 0.500. The van der Waals surface area contributed by atoms with Gasteiger partial charge in [0.2, 0.25) is 0 Å². The minimum Gasteiger partial charge on any atom is -0.550 e. The number of halogens is 1. The molecule has 0 bridgehead atoms. The summed E-state index contributed by atoms with van der Waals surface area (Å²) in [4.78, 5) is 57.4. The van der Waals surface area contributed by atoms with Crippen LogP contribution < -0.4 is 30.6 Å². The minimum absolute atomic E-state index is 0. The third-order valence-electron chi connectivity index (χ3n) is 1.90. The fourth-order valence-electron chi connectivity index (χ4n) is 0.724. The van der Waals surface area contributed by atoms with E-state index in [2.05, 4.69) is 11.9 Å². The Balaban J connectivity index is -0.0000000703. The average molecular weight is 503 g/mol. The van der Waals surface area contributed by atoms with Crippen molar-refractivity contribution < 1.29 is 79.4 Å². The van der Waals surface area contributed by atoms with Gasteiger partial charge in [0.1, 0.15) is 0 Å². The van der Waals surface area contributed by atoms with Crippen LogP contribution in [0, 0.1) is 0 Å². The molecule has 3 atom stereocenters. The monoisotopic (exact) mass is 502 g/mol. The molecular weight excluding hydrogens is 490 g/mol. The molecule has 170 valence electrons. The van der Waals surface area contributed by atoms with Crippen LogP contribution in [0.3, 0.4) is 0 Å². The molecule has 0 heterocycles. The van der Waals surface area contributed by atoms with Crippen molar-refractivity contribution in [3.05, 3.63) is 0 Å². The Labute approximate surface area is 199 Å². The summed E-state index contributed by atoms with van der Waals surface area (Å²) < 4.78 is 6.47. The molecule has 0 rings (SSSR count). The maximum atomic E-state index is 9.58. The summed E-state index contributed by atoms with van der Waals surface area (Å²) in [5.74, 6) is -10.3. The van der Waals surface area contributed by atoms with Gasteiger partial charge in [0.15, 0.2) is 0 Å². The maximum Gasteiger partial charge on any atom is 3.00 e. The SMILES string of the molecule is O=C([O-])CC(O)C(=O)[O-].O=C([O-])CC(O)C(=O)[O-].O=C([O-])CC(O)C(=O)[O-].OCl.[Al+3].[Al+3]. The number of carbonyl (C=O) groups excluding carboxylic acids is 6. The molecule has 16 nitrogen and oxygen atoms in total. The number of rotatable bonds is 9. The van der Waals surface area contributed by atoms with Crippen molar-refractivity contribution in [1.82, 2.24) is 0 Å². The number of carboxylic acid groups (broad SMARTS) is 6. The van der Waals surface area contributed by atoms with Crippen LogP contribution >= 0.6 is 11.9 Å². The van der Waals surface area contributed by atoms with Crippen LogP contribution in [0.25, 0.3) is 0 Å². The predicted octanol–water partition coefficient (Wildman–Crippen LogP) is -11.9. The van der Waals surface area contributed by atoms with Gasteiger partial charge in [-0.15, -0.1) is 0 Å². The Morgan fingerprint density at radius 2 is 0.645 bits per heavy atom. The number of hydrogen-bond acceptors (Lipinski definition) is 16. The molecule has 0 radical (unpaired) electrons. The maximum absolute atomic E-state index is 9.58. The van der Waals surface area contributed by atoms with Crippen LogP contribution in [0.4, 0.5) is 0 Å². The zero-order chi connectivity index (χ0) is 24.3. The predicted molar refractivity (Wildman–Crippen MR) is 81.5 cm³/mol. The molecule has 19 heteroatoms. The fourth-order valence-corrected chi connectivity index (χ4v) is 0.724. The first-order valence-electron chi connectivity index (χ1n) is 6.54. The third-order valence-corrected chi connectivity index (χ3v) is 1.90. The van der Waals surface area contributed by atoms with E-state index in [0.29, 0.717) is 0 Å². The van der Waals surface area contributed by atoms with Gasteiger partial charge in [0.05, 0.1) is 48.1 Å². The van der Waals surface area contributed by atoms with Crippen molar-refractivity contribution in [3.63, 3.8) is 0 Å². The van der Waals surface area contributed by atoms with Crippen molar-refractivity contribution >= 4 is 82.4 Å². The zero-order valence-corrected chi connectivity index (χ0v) is 18.1. The van der Waals surface area contributed by atoms with Crippen molar-refractivity contribution in [2.75, 3.05) is 0 Å². The molecule has 0 aliphatic carbocycles. The van der Waals surface area contributed by atoms with Gasteiger partial charge in [0.25, 0.3) is 0 Å². The second-order valence-corrected chi connectivity index (χ2v) is 4.23. The smallest absolute Gasteiger partial charge is 0.550 e. The van der Waals surface area contributed by atoms with Gasteiger partial charge in [-0.2, -0.15) is 0 Å². The van der Waals surface area contributed by atoms with Gasteiger partial charge in [0, 0.05) is 37.2 Å². The van der Waals surface area contributed by atoms with Crippen LogP contribution in [0.2, 0.25) is 0 Å². The second-order valence-electron chi connectivity index (χ2n) is 4.23. The van der Waals surface area contributed by atoms with Crippen LogP contribution in [0.5, 0.6) is 0 Å². The summed E-state index contributed by atoms with van der Waals surface area (Å²) in [6, 6.07) is 0. The molecule has 0 aliphatic rings. The molecule has 0 fully saturated rings. The third kappa shape index (κ3) is 39.1. The molecule has 0 aromatic heterocycles. The zero-order valence-electron chi connectivity index (χ0n) is 15.1. The van der Waals surface area contributed by atoms with Crippen molar-refractivity contribution in [2.45, 2.75) is 37.6 Å². The summed E-state index contributed by atoms with van der Waals surface area (Å²) in [7, 11) is 0. The summed E-state index contributed by atoms with van der Waals surface area (Å²) in [5.41, 5.74) is 0. The first kappa shape index (κ1) is 43.0. The number of carbonyl (C=O) groups is 6. The number of aliphatic hydroxyl groups is 3. The summed E-state index contributed by atoms with van der Waals surface area (Å²) in [6.07, 6.45) is -8.67. The summed E-state index contributed by atoms with van der Waals surface area (Å²) in [5, 5.41) is 82.0. The molecule has 0 aromatic carbocycles. The van der Waals surface area contributed by atoms with Gasteiger partial charge < -0.3 is 74.7 Å². The number of aliphatic hydroxyl groups excluding tert-OH is 3. The van der Waals surface area contributed by atoms with Crippen molar-refractivity contribution in [3.8, 4) is 0 Å². The standard InChI is InChI=1S/3C4H6O5.2Al.ClHO/c3*5-2(4(8)9)1-3(6)7;;;1-2/h3*2,5H,1H2,(H,6,7)(H,8,9);;;2H/q;;;2*+3;/p-6. The van der Waals surface area contributed by atoms with Crippen LogP contribution in [0.1, 0.15) is 19.3 Å². The van der Waals surface area contributed by atoms with Crippen molar-refractivity contribution in [2.24, 2.45) is 0 Å². The Morgan fingerprint density at radius 3 is 0.677 bits per heavy atom. The first-order valence-corrected chi connectivity index (χ1v) is 6.88. The van der Waals surface area contributed by atoms with Crippen LogP contribution in [0.15, 0.2) is 0 Å². The average Bonchev–Trinajstić information content (AvgIpc) is 2.55. The van der Waals surface area contributed by atoms with E-state index in [1.165, 1.54) is 0 Å². The number of carboxylic acids is 6. The molecule has 3 unspecified atom stereocenters. The molecule has 31 heavy (non-hydrogen) atoms. The normalized spacial score (nSPS) is 11.1. The van der Waals surface area contributed by atoms with Crippen molar-refractivity contribution in [1.29, 1.82) is 0 Å². The van der Waals surface area contributed by atoms with Crippen LogP contribution in [-0.4, -0.2) is 109 Å². The molecule has 0 spiro atoms. The summed E-state index contributed by atoms with van der Waals surface area (Å²) >= 11 is 3.64. The van der Waals surface area contributed by atoms with E-state index in [9.17, 15) is 59.4 Å². The second kappa shape index (κ2) is 26.1. The Kier molecular flexibility index (Phi) is 36.1. The Hall–Kier alpha value is -1.99. The molecule has 4 N–H and O–H groups in total. The molecular formula is C12H13Al2ClO16. The molecule has 0 aromatic rings. The minimum atomic E-state index is -1.96. The van der Waals surface area contributed by atoms with Crippen LogP contribution in [-0.2, 0) is 28.8 Å². The first-order chi connectivity index (χ1) is 13.1. The van der Waals surface area contributed by atoms with Gasteiger partial charge in [-0.1, -0.05) is 0 Å². The Bertz CT molecular complexity index is 481. The van der Waals surface area contributed by atoms with Gasteiger partial charge in [-0.3, -0.25) is 4.66 Å². The molecule has 0 saturated carbocycles. The molecule has 0 saturated heterocycles. The summed E-state index contributed by atoms with van der Waals surface area (Å²) in [6.45, 7) is 0. The van der Waals surface area contributed by atoms with E-state index in [1.807, 2.05) is 0 Å². The van der Waals surface area contributed by atoms with E-state index in [4.69, 9.17) is 20.0 Å². The van der Waals surface area contributed by atoms with E-state index in [-0.39, 0.29) is 34.7 Å². The molecule has 0 aliphatic heterocycles. The van der Waals surface area contributed by atoms with E-state index in [1.54, 1.807) is 0 Å². The van der Waals surface area contributed by atoms with E-state index < -0.39 is 73.4 Å². The van der Waals surface area contributed by atoms with E-state index >= 15 is 0 Å². The van der Waals surface area contributed by atoms with Gasteiger partial charge >= 0.3 is 34.7 Å². The molecule has 0 amide bonds. The number of hydrogen-bond donors (Lipinski definition) is 4.